The lowest BCUT2D eigenvalue weighted by atomic mass is 9.97. The number of hydrogen-bond donors (Lipinski definition) is 1. The van der Waals surface area contributed by atoms with Crippen molar-refractivity contribution in [2.75, 3.05) is 26.4 Å². The molecule has 2 unspecified atom stereocenters. The van der Waals surface area contributed by atoms with Gasteiger partial charge in [-0.05, 0) is 70.7 Å². The van der Waals surface area contributed by atoms with Gasteiger partial charge in [0.2, 0.25) is 0 Å². The summed E-state index contributed by atoms with van der Waals surface area (Å²) in [5, 5.41) is 4.77. The van der Waals surface area contributed by atoms with Crippen LogP contribution in [-0.2, 0) is 0 Å². The maximum atomic E-state index is 12.6. The van der Waals surface area contributed by atoms with E-state index in [0.717, 1.165) is 30.0 Å². The summed E-state index contributed by atoms with van der Waals surface area (Å²) < 4.78 is 31.8. The monoisotopic (exact) mass is 405 g/mol. The fraction of sp³-hybridized carbons (Fsp3) is 0.619. The standard InChI is InChI=1S/C21H29F2N5O/c1-11(2)28-17(19-14-5-12(6-15(14)19)10-27(3)4)8-16(26-28)13-7-18(29-21(22)23)20(24)25-9-13/h7-9,11-12,14-15,19,21H,5-6,10H2,1-4H3,(H2,24,25). The highest BCUT2D eigenvalue weighted by Gasteiger charge is 2.57. The van der Waals surface area contributed by atoms with Gasteiger partial charge in [-0.1, -0.05) is 0 Å². The second-order valence-electron chi connectivity index (χ2n) is 8.93. The van der Waals surface area contributed by atoms with Gasteiger partial charge in [0.15, 0.2) is 11.6 Å². The number of alkyl halides is 2. The Morgan fingerprint density at radius 1 is 1.24 bits per heavy atom. The van der Waals surface area contributed by atoms with Crippen molar-refractivity contribution in [1.29, 1.82) is 0 Å². The molecular weight excluding hydrogens is 376 g/mol. The smallest absolute Gasteiger partial charge is 0.387 e. The first kappa shape index (κ1) is 20.1. The topological polar surface area (TPSA) is 69.2 Å². The van der Waals surface area contributed by atoms with Gasteiger partial charge in [0.05, 0.1) is 5.69 Å². The van der Waals surface area contributed by atoms with Crippen LogP contribution in [0.1, 0.15) is 44.3 Å². The number of rotatable bonds is 7. The van der Waals surface area contributed by atoms with Gasteiger partial charge in [0.25, 0.3) is 0 Å². The van der Waals surface area contributed by atoms with E-state index in [1.807, 2.05) is 0 Å². The van der Waals surface area contributed by atoms with Crippen molar-refractivity contribution in [3.8, 4) is 17.0 Å². The first-order chi connectivity index (χ1) is 13.7. The largest absolute Gasteiger partial charge is 0.431 e. The molecule has 2 aromatic rings. The van der Waals surface area contributed by atoms with Crippen molar-refractivity contribution in [3.05, 3.63) is 24.0 Å². The van der Waals surface area contributed by atoms with Crippen molar-refractivity contribution in [3.63, 3.8) is 0 Å². The van der Waals surface area contributed by atoms with Crippen molar-refractivity contribution in [2.45, 2.75) is 45.3 Å². The molecule has 158 valence electrons. The van der Waals surface area contributed by atoms with Crippen molar-refractivity contribution in [1.82, 2.24) is 19.7 Å². The van der Waals surface area contributed by atoms with E-state index in [1.54, 1.807) is 6.20 Å². The Hall–Kier alpha value is -2.22. The van der Waals surface area contributed by atoms with Gasteiger partial charge in [-0.25, -0.2) is 4.98 Å². The van der Waals surface area contributed by atoms with Gasteiger partial charge in [0, 0.05) is 36.0 Å². The number of aromatic nitrogens is 3. The van der Waals surface area contributed by atoms with Crippen molar-refractivity contribution >= 4 is 5.82 Å². The van der Waals surface area contributed by atoms with E-state index in [2.05, 4.69) is 53.3 Å². The second-order valence-corrected chi connectivity index (χ2v) is 8.93. The summed E-state index contributed by atoms with van der Waals surface area (Å²) in [6.45, 7) is 2.43. The Balaban J connectivity index is 1.58. The Labute approximate surface area is 170 Å². The van der Waals surface area contributed by atoms with Crippen LogP contribution in [0.3, 0.4) is 0 Å². The highest BCUT2D eigenvalue weighted by atomic mass is 19.3. The van der Waals surface area contributed by atoms with Gasteiger partial charge >= 0.3 is 6.61 Å². The van der Waals surface area contributed by atoms with E-state index in [4.69, 9.17) is 10.8 Å². The molecule has 6 nitrogen and oxygen atoms in total. The molecule has 2 aliphatic rings. The molecule has 2 aliphatic carbocycles. The van der Waals surface area contributed by atoms with Crippen LogP contribution in [0.25, 0.3) is 11.3 Å². The molecule has 0 saturated heterocycles. The van der Waals surface area contributed by atoms with E-state index in [0.29, 0.717) is 11.5 Å². The van der Waals surface area contributed by atoms with E-state index >= 15 is 0 Å². The molecule has 0 aliphatic heterocycles. The Morgan fingerprint density at radius 3 is 2.52 bits per heavy atom. The normalized spacial score (nSPS) is 25.8. The minimum absolute atomic E-state index is 0.0544. The van der Waals surface area contributed by atoms with Crippen LogP contribution in [0.2, 0.25) is 0 Å². The lowest BCUT2D eigenvalue weighted by Gasteiger charge is -2.19. The first-order valence-electron chi connectivity index (χ1n) is 10.2. The molecule has 2 fully saturated rings. The van der Waals surface area contributed by atoms with E-state index in [1.165, 1.54) is 24.6 Å². The summed E-state index contributed by atoms with van der Waals surface area (Å²) in [4.78, 5) is 6.28. The number of pyridine rings is 1. The molecule has 2 saturated carbocycles. The summed E-state index contributed by atoms with van der Waals surface area (Å²) in [6.07, 6.45) is 4.09. The highest BCUT2D eigenvalue weighted by molar-refractivity contribution is 5.64. The van der Waals surface area contributed by atoms with E-state index in [-0.39, 0.29) is 17.6 Å². The number of halogens is 2. The number of anilines is 1. The van der Waals surface area contributed by atoms with Crippen molar-refractivity contribution in [2.24, 2.45) is 17.8 Å². The third kappa shape index (κ3) is 3.95. The van der Waals surface area contributed by atoms with E-state index < -0.39 is 6.61 Å². The Morgan fingerprint density at radius 2 is 1.93 bits per heavy atom. The predicted molar refractivity (Wildman–Crippen MR) is 108 cm³/mol. The Bertz CT molecular complexity index is 870. The highest BCUT2D eigenvalue weighted by Crippen LogP contribution is 2.65. The average Bonchev–Trinajstić information content (AvgIpc) is 2.97. The number of nitrogens with two attached hydrogens (primary N) is 1. The maximum absolute atomic E-state index is 12.6. The molecule has 0 amide bonds. The maximum Gasteiger partial charge on any atom is 0.387 e. The van der Waals surface area contributed by atoms with Crippen LogP contribution in [0, 0.1) is 17.8 Å². The SMILES string of the molecule is CC(C)n1nc(-c2cnc(N)c(OC(F)F)c2)cc1C1C2CC(CN(C)C)CC21. The number of nitrogens with zero attached hydrogens (tertiary/aromatic N) is 4. The van der Waals surface area contributed by atoms with Gasteiger partial charge in [-0.15, -0.1) is 0 Å². The quantitative estimate of drug-likeness (QED) is 0.754. The van der Waals surface area contributed by atoms with Gasteiger partial charge in [0.1, 0.15) is 0 Å². The molecule has 29 heavy (non-hydrogen) atoms. The lowest BCUT2D eigenvalue weighted by Crippen LogP contribution is -2.21. The van der Waals surface area contributed by atoms with E-state index in [9.17, 15) is 8.78 Å². The third-order valence-corrected chi connectivity index (χ3v) is 6.15. The average molecular weight is 405 g/mol. The van der Waals surface area contributed by atoms with Crippen LogP contribution in [-0.4, -0.2) is 46.9 Å². The van der Waals surface area contributed by atoms with Gasteiger partial charge < -0.3 is 15.4 Å². The van der Waals surface area contributed by atoms with Crippen LogP contribution in [0.4, 0.5) is 14.6 Å². The fourth-order valence-corrected chi connectivity index (χ4v) is 5.06. The molecule has 0 aromatic carbocycles. The van der Waals surface area contributed by atoms with Crippen LogP contribution in [0.15, 0.2) is 18.3 Å². The minimum atomic E-state index is -2.95. The molecule has 8 heteroatoms. The summed E-state index contributed by atoms with van der Waals surface area (Å²) in [5.41, 5.74) is 8.25. The fourth-order valence-electron chi connectivity index (χ4n) is 5.06. The summed E-state index contributed by atoms with van der Waals surface area (Å²) in [6, 6.07) is 3.80. The minimum Gasteiger partial charge on any atom is -0.431 e. The zero-order valence-corrected chi connectivity index (χ0v) is 17.3. The summed E-state index contributed by atoms with van der Waals surface area (Å²) >= 11 is 0. The van der Waals surface area contributed by atoms with Gasteiger partial charge in [-0.2, -0.15) is 13.9 Å². The Kier molecular flexibility index (Phi) is 5.23. The zero-order chi connectivity index (χ0) is 20.9. The van der Waals surface area contributed by atoms with Crippen LogP contribution >= 0.6 is 0 Å². The summed E-state index contributed by atoms with van der Waals surface area (Å²) in [5.74, 6) is 2.60. The number of ether oxygens (including phenoxy) is 1. The van der Waals surface area contributed by atoms with Crippen LogP contribution < -0.4 is 10.5 Å². The molecular formula is C21H29F2N5O. The molecule has 2 heterocycles. The first-order valence-corrected chi connectivity index (χ1v) is 10.2. The molecule has 0 radical (unpaired) electrons. The second kappa shape index (κ2) is 7.55. The number of fused-ring (bicyclic) bond motifs is 1. The summed E-state index contributed by atoms with van der Waals surface area (Å²) in [7, 11) is 4.27. The predicted octanol–water partition coefficient (Wildman–Crippen LogP) is 4.01. The van der Waals surface area contributed by atoms with Gasteiger partial charge in [-0.3, -0.25) is 4.68 Å². The molecule has 0 bridgehead atoms. The molecule has 4 rings (SSSR count). The molecule has 2 aromatic heterocycles. The lowest BCUT2D eigenvalue weighted by molar-refractivity contribution is -0.0494. The third-order valence-electron chi connectivity index (χ3n) is 6.15. The molecule has 2 atom stereocenters. The van der Waals surface area contributed by atoms with Crippen molar-refractivity contribution < 1.29 is 13.5 Å². The van der Waals surface area contributed by atoms with Crippen LogP contribution in [0.5, 0.6) is 5.75 Å². The number of nitrogen functional groups attached to an aromatic ring is 1. The number of hydrogen-bond acceptors (Lipinski definition) is 5. The molecule has 0 spiro atoms. The zero-order valence-electron chi connectivity index (χ0n) is 17.3. The molecule has 2 N–H and O–H groups in total.